The number of carbonyl (C=O) groups excluding carboxylic acids is 1. The van der Waals surface area contributed by atoms with Crippen LogP contribution in [0.4, 0.5) is 4.79 Å². The SMILES string of the molecule is Cc1cc(C)c(COC(=O)N(C)CC(=O)O)c(C)c1. The smallest absolute Gasteiger partial charge is 0.410 e. The molecule has 0 radical (unpaired) electrons. The number of benzene rings is 1. The number of likely N-dealkylation sites (N-methyl/N-ethyl adjacent to an activating group) is 1. The van der Waals surface area contributed by atoms with Crippen molar-refractivity contribution in [2.24, 2.45) is 0 Å². The van der Waals surface area contributed by atoms with E-state index in [-0.39, 0.29) is 13.2 Å². The summed E-state index contributed by atoms with van der Waals surface area (Å²) in [6.45, 7) is 5.72. The van der Waals surface area contributed by atoms with Gasteiger partial charge in [0.1, 0.15) is 13.2 Å². The number of nitrogens with zero attached hydrogens (tertiary/aromatic N) is 1. The molecule has 5 heteroatoms. The molecule has 0 aliphatic heterocycles. The first-order valence-electron chi connectivity index (χ1n) is 5.97. The summed E-state index contributed by atoms with van der Waals surface area (Å²) in [5.74, 6) is -1.07. The number of carboxylic acids is 1. The van der Waals surface area contributed by atoms with Crippen LogP contribution in [0.25, 0.3) is 0 Å². The zero-order valence-corrected chi connectivity index (χ0v) is 11.7. The van der Waals surface area contributed by atoms with E-state index in [1.54, 1.807) is 0 Å². The van der Waals surface area contributed by atoms with Gasteiger partial charge in [0, 0.05) is 7.05 Å². The van der Waals surface area contributed by atoms with Crippen molar-refractivity contribution in [1.29, 1.82) is 0 Å². The highest BCUT2D eigenvalue weighted by Crippen LogP contribution is 2.17. The molecular formula is C14H19NO4. The summed E-state index contributed by atoms with van der Waals surface area (Å²) in [6.07, 6.45) is -0.637. The molecule has 104 valence electrons. The monoisotopic (exact) mass is 265 g/mol. The predicted molar refractivity (Wildman–Crippen MR) is 71.1 cm³/mol. The molecule has 1 amide bonds. The summed E-state index contributed by atoms with van der Waals surface area (Å²) in [4.78, 5) is 23.1. The molecule has 0 heterocycles. The molecule has 0 aliphatic carbocycles. The first-order valence-corrected chi connectivity index (χ1v) is 5.97. The van der Waals surface area contributed by atoms with Crippen molar-refractivity contribution in [3.05, 3.63) is 34.4 Å². The van der Waals surface area contributed by atoms with Crippen LogP contribution < -0.4 is 0 Å². The highest BCUT2D eigenvalue weighted by atomic mass is 16.6. The van der Waals surface area contributed by atoms with Gasteiger partial charge in [0.2, 0.25) is 0 Å². The molecular weight excluding hydrogens is 246 g/mol. The van der Waals surface area contributed by atoms with Crippen LogP contribution in [0.5, 0.6) is 0 Å². The maximum Gasteiger partial charge on any atom is 0.410 e. The number of ether oxygens (including phenoxy) is 1. The Morgan fingerprint density at radius 3 is 2.21 bits per heavy atom. The Morgan fingerprint density at radius 2 is 1.74 bits per heavy atom. The molecule has 0 aliphatic rings. The zero-order valence-electron chi connectivity index (χ0n) is 11.7. The predicted octanol–water partition coefficient (Wildman–Crippen LogP) is 2.26. The highest BCUT2D eigenvalue weighted by molar-refractivity contribution is 5.76. The average molecular weight is 265 g/mol. The van der Waals surface area contributed by atoms with Crippen molar-refractivity contribution >= 4 is 12.1 Å². The van der Waals surface area contributed by atoms with Gasteiger partial charge < -0.3 is 14.7 Å². The van der Waals surface area contributed by atoms with Gasteiger partial charge >= 0.3 is 12.1 Å². The summed E-state index contributed by atoms with van der Waals surface area (Å²) >= 11 is 0. The third-order valence-electron chi connectivity index (χ3n) is 2.86. The third-order valence-corrected chi connectivity index (χ3v) is 2.86. The maximum atomic E-state index is 11.6. The highest BCUT2D eigenvalue weighted by Gasteiger charge is 2.14. The van der Waals surface area contributed by atoms with Crippen molar-refractivity contribution < 1.29 is 19.4 Å². The average Bonchev–Trinajstić information content (AvgIpc) is 2.26. The molecule has 0 fully saturated rings. The maximum absolute atomic E-state index is 11.6. The number of hydrogen-bond acceptors (Lipinski definition) is 3. The minimum absolute atomic E-state index is 0.154. The second kappa shape index (κ2) is 6.22. The van der Waals surface area contributed by atoms with E-state index in [1.807, 2.05) is 32.9 Å². The molecule has 0 unspecified atom stereocenters. The summed E-state index contributed by atoms with van der Waals surface area (Å²) in [7, 11) is 1.39. The van der Waals surface area contributed by atoms with Crippen molar-refractivity contribution in [2.45, 2.75) is 27.4 Å². The van der Waals surface area contributed by atoms with Gasteiger partial charge in [-0.25, -0.2) is 4.79 Å². The van der Waals surface area contributed by atoms with Gasteiger partial charge in [0.25, 0.3) is 0 Å². The number of rotatable bonds is 4. The van der Waals surface area contributed by atoms with Crippen LogP contribution in [0, 0.1) is 20.8 Å². The first kappa shape index (κ1) is 15.0. The molecule has 0 atom stereocenters. The van der Waals surface area contributed by atoms with Crippen molar-refractivity contribution in [2.75, 3.05) is 13.6 Å². The van der Waals surface area contributed by atoms with Crippen molar-refractivity contribution in [3.63, 3.8) is 0 Å². The van der Waals surface area contributed by atoms with Crippen LogP contribution >= 0.6 is 0 Å². The lowest BCUT2D eigenvalue weighted by Gasteiger charge is -2.16. The Hall–Kier alpha value is -2.04. The number of aryl methyl sites for hydroxylation is 3. The van der Waals surface area contributed by atoms with Gasteiger partial charge in [-0.15, -0.1) is 0 Å². The molecule has 1 rings (SSSR count). The quantitative estimate of drug-likeness (QED) is 0.906. The van der Waals surface area contributed by atoms with Gasteiger partial charge in [-0.2, -0.15) is 0 Å². The lowest BCUT2D eigenvalue weighted by molar-refractivity contribution is -0.137. The van der Waals surface area contributed by atoms with E-state index in [0.717, 1.165) is 27.2 Å². The normalized spacial score (nSPS) is 10.1. The molecule has 0 bridgehead atoms. The fourth-order valence-electron chi connectivity index (χ4n) is 1.95. The van der Waals surface area contributed by atoms with Crippen LogP contribution in [-0.2, 0) is 16.1 Å². The number of amides is 1. The van der Waals surface area contributed by atoms with Crippen molar-refractivity contribution in [1.82, 2.24) is 4.90 Å². The minimum Gasteiger partial charge on any atom is -0.480 e. The molecule has 1 aromatic carbocycles. The lowest BCUT2D eigenvalue weighted by Crippen LogP contribution is -2.32. The Labute approximate surface area is 112 Å². The van der Waals surface area contributed by atoms with E-state index in [1.165, 1.54) is 7.05 Å². The van der Waals surface area contributed by atoms with Gasteiger partial charge in [0.15, 0.2) is 0 Å². The molecule has 1 aromatic rings. The molecule has 0 aromatic heterocycles. The second-order valence-electron chi connectivity index (χ2n) is 4.68. The van der Waals surface area contributed by atoms with Gasteiger partial charge in [-0.05, 0) is 37.5 Å². The van der Waals surface area contributed by atoms with E-state index in [9.17, 15) is 9.59 Å². The fraction of sp³-hybridized carbons (Fsp3) is 0.429. The summed E-state index contributed by atoms with van der Waals surface area (Å²) in [6, 6.07) is 4.05. The largest absolute Gasteiger partial charge is 0.480 e. The first-order chi connectivity index (χ1) is 8.81. The van der Waals surface area contributed by atoms with Crippen LogP contribution in [0.1, 0.15) is 22.3 Å². The Morgan fingerprint density at radius 1 is 1.21 bits per heavy atom. The van der Waals surface area contributed by atoms with E-state index >= 15 is 0 Å². The van der Waals surface area contributed by atoms with Crippen LogP contribution in [0.2, 0.25) is 0 Å². The van der Waals surface area contributed by atoms with E-state index in [0.29, 0.717) is 0 Å². The van der Waals surface area contributed by atoms with Gasteiger partial charge in [-0.3, -0.25) is 4.79 Å². The second-order valence-corrected chi connectivity index (χ2v) is 4.68. The molecule has 0 spiro atoms. The Bertz CT molecular complexity index is 473. The fourth-order valence-corrected chi connectivity index (χ4v) is 1.95. The van der Waals surface area contributed by atoms with Crippen LogP contribution in [-0.4, -0.2) is 35.7 Å². The minimum atomic E-state index is -1.07. The van der Waals surface area contributed by atoms with Gasteiger partial charge in [0.05, 0.1) is 0 Å². The van der Waals surface area contributed by atoms with E-state index in [4.69, 9.17) is 9.84 Å². The molecule has 5 nitrogen and oxygen atoms in total. The van der Waals surface area contributed by atoms with Crippen LogP contribution in [0.15, 0.2) is 12.1 Å². The number of aliphatic carboxylic acids is 1. The summed E-state index contributed by atoms with van der Waals surface area (Å²) in [5.41, 5.74) is 4.24. The van der Waals surface area contributed by atoms with E-state index < -0.39 is 12.1 Å². The third kappa shape index (κ3) is 4.28. The summed E-state index contributed by atoms with van der Waals surface area (Å²) < 4.78 is 5.12. The Kier molecular flexibility index (Phi) is 4.92. The lowest BCUT2D eigenvalue weighted by atomic mass is 10.0. The van der Waals surface area contributed by atoms with Gasteiger partial charge in [-0.1, -0.05) is 17.7 Å². The summed E-state index contributed by atoms with van der Waals surface area (Å²) in [5, 5.41) is 8.59. The standard InChI is InChI=1S/C14H19NO4/c1-9-5-10(2)12(11(3)6-9)8-19-14(18)15(4)7-13(16)17/h5-6H,7-8H2,1-4H3,(H,16,17). The molecule has 0 saturated heterocycles. The molecule has 1 N–H and O–H groups in total. The molecule has 19 heavy (non-hydrogen) atoms. The number of carboxylic acid groups (broad SMARTS) is 1. The topological polar surface area (TPSA) is 66.8 Å². The molecule has 0 saturated carbocycles. The number of carbonyl (C=O) groups is 2. The zero-order chi connectivity index (χ0) is 14.6. The van der Waals surface area contributed by atoms with E-state index in [2.05, 4.69) is 0 Å². The number of hydrogen-bond donors (Lipinski definition) is 1. The van der Waals surface area contributed by atoms with Crippen molar-refractivity contribution in [3.8, 4) is 0 Å². The Balaban J connectivity index is 2.67. The van der Waals surface area contributed by atoms with Crippen LogP contribution in [0.3, 0.4) is 0 Å².